The highest BCUT2D eigenvalue weighted by atomic mass is 19.4. The third-order valence-electron chi connectivity index (χ3n) is 2.71. The Morgan fingerprint density at radius 1 is 1.32 bits per heavy atom. The standard InChI is InChI=1S/C13H21F3N2O/c1-3-6-18(10-13(14,15)16)9-11-5-7-19-12(11)8-17-4-2/h5,7,17H,3-4,6,8-10H2,1-2H3. The average Bonchev–Trinajstić information content (AvgIpc) is 2.72. The molecule has 3 nitrogen and oxygen atoms in total. The second kappa shape index (κ2) is 7.55. The van der Waals surface area contributed by atoms with Gasteiger partial charge in [0.25, 0.3) is 0 Å². The normalized spacial score (nSPS) is 12.3. The van der Waals surface area contributed by atoms with Crippen LogP contribution in [0.5, 0.6) is 0 Å². The molecule has 1 aromatic rings. The Bertz CT molecular complexity index is 363. The molecule has 19 heavy (non-hydrogen) atoms. The molecule has 0 bridgehead atoms. The maximum absolute atomic E-state index is 12.5. The van der Waals surface area contributed by atoms with E-state index in [-0.39, 0.29) is 6.54 Å². The number of nitrogens with one attached hydrogen (secondary N) is 1. The van der Waals surface area contributed by atoms with Crippen LogP contribution in [0.1, 0.15) is 31.6 Å². The number of rotatable bonds is 8. The van der Waals surface area contributed by atoms with Crippen molar-refractivity contribution in [2.45, 2.75) is 39.5 Å². The Balaban J connectivity index is 2.65. The summed E-state index contributed by atoms with van der Waals surface area (Å²) in [6.07, 6.45) is -1.95. The van der Waals surface area contributed by atoms with Gasteiger partial charge in [-0.2, -0.15) is 13.2 Å². The van der Waals surface area contributed by atoms with Crippen molar-refractivity contribution in [2.75, 3.05) is 19.6 Å². The summed E-state index contributed by atoms with van der Waals surface area (Å²) in [6.45, 7) is 4.99. The molecule has 0 aliphatic heterocycles. The predicted octanol–water partition coefficient (Wildman–Crippen LogP) is 3.16. The number of nitrogens with zero attached hydrogens (tertiary/aromatic N) is 1. The zero-order chi connectivity index (χ0) is 14.3. The molecule has 0 aliphatic rings. The number of furan rings is 1. The molecule has 6 heteroatoms. The van der Waals surface area contributed by atoms with Gasteiger partial charge in [-0.3, -0.25) is 4.90 Å². The van der Waals surface area contributed by atoms with Crippen LogP contribution in [0.3, 0.4) is 0 Å². The molecule has 0 saturated heterocycles. The van der Waals surface area contributed by atoms with Gasteiger partial charge in [0.15, 0.2) is 0 Å². The van der Waals surface area contributed by atoms with Crippen molar-refractivity contribution in [3.05, 3.63) is 23.7 Å². The highest BCUT2D eigenvalue weighted by Gasteiger charge is 2.30. The molecule has 1 rings (SSSR count). The minimum Gasteiger partial charge on any atom is -0.468 e. The number of hydrogen-bond donors (Lipinski definition) is 1. The van der Waals surface area contributed by atoms with Crippen LogP contribution in [-0.2, 0) is 13.1 Å². The van der Waals surface area contributed by atoms with E-state index in [1.165, 1.54) is 11.2 Å². The molecule has 0 spiro atoms. The molecule has 0 radical (unpaired) electrons. The smallest absolute Gasteiger partial charge is 0.401 e. The summed E-state index contributed by atoms with van der Waals surface area (Å²) in [5.41, 5.74) is 0.818. The summed E-state index contributed by atoms with van der Waals surface area (Å²) in [5, 5.41) is 3.11. The summed E-state index contributed by atoms with van der Waals surface area (Å²) in [4.78, 5) is 1.40. The third-order valence-corrected chi connectivity index (χ3v) is 2.71. The minimum atomic E-state index is -4.17. The van der Waals surface area contributed by atoms with Gasteiger partial charge in [-0.25, -0.2) is 0 Å². The number of alkyl halides is 3. The molecule has 1 N–H and O–H groups in total. The summed E-state index contributed by atoms with van der Waals surface area (Å²) >= 11 is 0. The number of hydrogen-bond acceptors (Lipinski definition) is 3. The van der Waals surface area contributed by atoms with Gasteiger partial charge in [-0.05, 0) is 25.6 Å². The van der Waals surface area contributed by atoms with Crippen molar-refractivity contribution in [3.8, 4) is 0 Å². The van der Waals surface area contributed by atoms with E-state index in [9.17, 15) is 13.2 Å². The second-order valence-corrected chi connectivity index (χ2v) is 4.48. The Morgan fingerprint density at radius 3 is 2.63 bits per heavy atom. The van der Waals surface area contributed by atoms with Gasteiger partial charge in [0, 0.05) is 12.1 Å². The van der Waals surface area contributed by atoms with Gasteiger partial charge < -0.3 is 9.73 Å². The summed E-state index contributed by atoms with van der Waals surface area (Å²) in [6, 6.07) is 1.74. The highest BCUT2D eigenvalue weighted by Crippen LogP contribution is 2.20. The molecule has 110 valence electrons. The van der Waals surface area contributed by atoms with Gasteiger partial charge in [0.1, 0.15) is 5.76 Å². The third kappa shape index (κ3) is 6.11. The van der Waals surface area contributed by atoms with E-state index in [0.29, 0.717) is 25.3 Å². The maximum atomic E-state index is 12.5. The Hall–Kier alpha value is -1.01. The molecule has 0 aliphatic carbocycles. The quantitative estimate of drug-likeness (QED) is 0.791. The van der Waals surface area contributed by atoms with Crippen molar-refractivity contribution in [2.24, 2.45) is 0 Å². The van der Waals surface area contributed by atoms with Gasteiger partial charge in [-0.1, -0.05) is 13.8 Å². The molecule has 1 heterocycles. The zero-order valence-electron chi connectivity index (χ0n) is 11.4. The Kier molecular flexibility index (Phi) is 6.37. The van der Waals surface area contributed by atoms with Crippen LogP contribution in [0, 0.1) is 0 Å². The van der Waals surface area contributed by atoms with E-state index in [4.69, 9.17) is 4.42 Å². The molecule has 0 saturated carbocycles. The van der Waals surface area contributed by atoms with Crippen molar-refractivity contribution in [1.29, 1.82) is 0 Å². The van der Waals surface area contributed by atoms with Crippen molar-refractivity contribution in [3.63, 3.8) is 0 Å². The van der Waals surface area contributed by atoms with Gasteiger partial charge in [0.2, 0.25) is 0 Å². The van der Waals surface area contributed by atoms with Crippen molar-refractivity contribution in [1.82, 2.24) is 10.2 Å². The van der Waals surface area contributed by atoms with Crippen LogP contribution < -0.4 is 5.32 Å². The molecule has 0 amide bonds. The summed E-state index contributed by atoms with van der Waals surface area (Å²) < 4.78 is 42.8. The monoisotopic (exact) mass is 278 g/mol. The molecule has 0 unspecified atom stereocenters. The average molecular weight is 278 g/mol. The lowest BCUT2D eigenvalue weighted by Gasteiger charge is -2.22. The first kappa shape index (κ1) is 16.0. The Labute approximate surface area is 111 Å². The Morgan fingerprint density at radius 2 is 2.05 bits per heavy atom. The van der Waals surface area contributed by atoms with E-state index < -0.39 is 12.7 Å². The SMILES string of the molecule is CCCN(Cc1ccoc1CNCC)CC(F)(F)F. The van der Waals surface area contributed by atoms with E-state index in [1.807, 2.05) is 13.8 Å². The van der Waals surface area contributed by atoms with Gasteiger partial charge in [-0.15, -0.1) is 0 Å². The highest BCUT2D eigenvalue weighted by molar-refractivity contribution is 5.16. The maximum Gasteiger partial charge on any atom is 0.401 e. The number of halogens is 3. The lowest BCUT2D eigenvalue weighted by molar-refractivity contribution is -0.147. The first-order valence-corrected chi connectivity index (χ1v) is 6.51. The molecule has 1 aromatic heterocycles. The molecular formula is C13H21F3N2O. The van der Waals surface area contributed by atoms with Gasteiger partial charge >= 0.3 is 6.18 Å². The van der Waals surface area contributed by atoms with E-state index in [1.54, 1.807) is 6.07 Å². The van der Waals surface area contributed by atoms with E-state index in [2.05, 4.69) is 5.32 Å². The first-order valence-electron chi connectivity index (χ1n) is 6.51. The van der Waals surface area contributed by atoms with E-state index in [0.717, 1.165) is 12.1 Å². The lowest BCUT2D eigenvalue weighted by Crippen LogP contribution is -2.34. The molecule has 0 fully saturated rings. The van der Waals surface area contributed by atoms with Crippen LogP contribution in [0.25, 0.3) is 0 Å². The molecule has 0 atom stereocenters. The first-order chi connectivity index (χ1) is 8.96. The van der Waals surface area contributed by atoms with E-state index >= 15 is 0 Å². The lowest BCUT2D eigenvalue weighted by atomic mass is 10.2. The van der Waals surface area contributed by atoms with Crippen LogP contribution in [0.15, 0.2) is 16.7 Å². The van der Waals surface area contributed by atoms with Crippen LogP contribution >= 0.6 is 0 Å². The molecule has 0 aromatic carbocycles. The molecular weight excluding hydrogens is 257 g/mol. The van der Waals surface area contributed by atoms with Crippen LogP contribution in [-0.4, -0.2) is 30.7 Å². The summed E-state index contributed by atoms with van der Waals surface area (Å²) in [7, 11) is 0. The fraction of sp³-hybridized carbons (Fsp3) is 0.692. The second-order valence-electron chi connectivity index (χ2n) is 4.48. The van der Waals surface area contributed by atoms with Crippen molar-refractivity contribution < 1.29 is 17.6 Å². The van der Waals surface area contributed by atoms with Crippen LogP contribution in [0.4, 0.5) is 13.2 Å². The fourth-order valence-electron chi connectivity index (χ4n) is 1.93. The summed E-state index contributed by atoms with van der Waals surface area (Å²) in [5.74, 6) is 0.713. The van der Waals surface area contributed by atoms with Crippen LogP contribution in [0.2, 0.25) is 0 Å². The minimum absolute atomic E-state index is 0.268. The van der Waals surface area contributed by atoms with Crippen molar-refractivity contribution >= 4 is 0 Å². The largest absolute Gasteiger partial charge is 0.468 e. The predicted molar refractivity (Wildman–Crippen MR) is 67.7 cm³/mol. The van der Waals surface area contributed by atoms with Gasteiger partial charge in [0.05, 0.1) is 19.4 Å². The zero-order valence-corrected chi connectivity index (χ0v) is 11.4. The fourth-order valence-corrected chi connectivity index (χ4v) is 1.93. The topological polar surface area (TPSA) is 28.4 Å².